The maximum absolute atomic E-state index is 11.7. The third-order valence-electron chi connectivity index (χ3n) is 3.28. The van der Waals surface area contributed by atoms with Crippen molar-refractivity contribution < 1.29 is 13.5 Å². The molecule has 2 N–H and O–H groups in total. The standard InChI is InChI=1S/C13H19N3O4S2/c1-9(2)3-5-11(14-18)12-6-4-10(21-12)7-16-8-13(17)15-22(16,19)20/h4,6,8-9,11,15,17H,3,5,7H2,1-2H3. The van der Waals surface area contributed by atoms with Gasteiger partial charge in [0, 0.05) is 9.75 Å². The van der Waals surface area contributed by atoms with E-state index in [1.54, 1.807) is 6.07 Å². The van der Waals surface area contributed by atoms with Gasteiger partial charge in [-0.25, -0.2) is 9.03 Å². The maximum Gasteiger partial charge on any atom is 0.326 e. The average molecular weight is 345 g/mol. The highest BCUT2D eigenvalue weighted by molar-refractivity contribution is 7.87. The lowest BCUT2D eigenvalue weighted by Gasteiger charge is -2.12. The minimum Gasteiger partial charge on any atom is -0.493 e. The molecule has 0 radical (unpaired) electrons. The lowest BCUT2D eigenvalue weighted by atomic mass is 10.0. The predicted molar refractivity (Wildman–Crippen MR) is 85.2 cm³/mol. The molecule has 1 aromatic heterocycles. The van der Waals surface area contributed by atoms with Crippen molar-refractivity contribution in [2.45, 2.75) is 39.3 Å². The van der Waals surface area contributed by atoms with Crippen molar-refractivity contribution in [2.75, 3.05) is 0 Å². The molecule has 1 aromatic rings. The Morgan fingerprint density at radius 2 is 2.09 bits per heavy atom. The van der Waals surface area contributed by atoms with Crippen LogP contribution in [-0.4, -0.2) is 17.8 Å². The van der Waals surface area contributed by atoms with Crippen LogP contribution in [0.25, 0.3) is 0 Å². The van der Waals surface area contributed by atoms with Gasteiger partial charge in [-0.1, -0.05) is 19.0 Å². The van der Waals surface area contributed by atoms with E-state index in [9.17, 15) is 18.4 Å². The number of hydrogen-bond acceptors (Lipinski definition) is 6. The molecule has 0 aromatic carbocycles. The summed E-state index contributed by atoms with van der Waals surface area (Å²) < 4.78 is 26.4. The SMILES string of the molecule is CC(C)CCC(N=O)c1ccc(CN2C=C(O)NS2(=O)=O)s1. The van der Waals surface area contributed by atoms with Gasteiger partial charge in [0.2, 0.25) is 5.88 Å². The zero-order valence-corrected chi connectivity index (χ0v) is 14.0. The summed E-state index contributed by atoms with van der Waals surface area (Å²) >= 11 is 1.37. The Kier molecular flexibility index (Phi) is 5.07. The Bertz CT molecular complexity index is 667. The Hall–Kier alpha value is -1.61. The van der Waals surface area contributed by atoms with E-state index < -0.39 is 22.1 Å². The molecule has 1 atom stereocenters. The van der Waals surface area contributed by atoms with Gasteiger partial charge in [0.1, 0.15) is 6.04 Å². The first-order valence-electron chi connectivity index (χ1n) is 6.93. The smallest absolute Gasteiger partial charge is 0.326 e. The minimum atomic E-state index is -3.71. The number of hydrogen-bond donors (Lipinski definition) is 2. The molecule has 0 spiro atoms. The molecular formula is C13H19N3O4S2. The van der Waals surface area contributed by atoms with Gasteiger partial charge in [0.15, 0.2) is 0 Å². The molecule has 0 bridgehead atoms. The van der Waals surface area contributed by atoms with E-state index in [0.29, 0.717) is 12.3 Å². The van der Waals surface area contributed by atoms with Crippen LogP contribution < -0.4 is 4.72 Å². The van der Waals surface area contributed by atoms with Crippen molar-refractivity contribution >= 4 is 21.5 Å². The summed E-state index contributed by atoms with van der Waals surface area (Å²) in [5.74, 6) is 0.0961. The molecule has 9 heteroatoms. The van der Waals surface area contributed by atoms with Crippen LogP contribution in [0.15, 0.2) is 29.4 Å². The summed E-state index contributed by atoms with van der Waals surface area (Å²) in [6.07, 6.45) is 2.72. The molecule has 2 heterocycles. The summed E-state index contributed by atoms with van der Waals surface area (Å²) in [4.78, 5) is 12.6. The molecule has 1 aliphatic rings. The van der Waals surface area contributed by atoms with Crippen molar-refractivity contribution in [3.8, 4) is 0 Å². The second-order valence-electron chi connectivity index (χ2n) is 5.56. The van der Waals surface area contributed by atoms with E-state index in [1.165, 1.54) is 11.3 Å². The monoisotopic (exact) mass is 345 g/mol. The molecule has 0 saturated carbocycles. The van der Waals surface area contributed by atoms with Crippen LogP contribution >= 0.6 is 11.3 Å². The van der Waals surface area contributed by atoms with Crippen LogP contribution in [0.4, 0.5) is 0 Å². The quantitative estimate of drug-likeness (QED) is 0.742. The first-order chi connectivity index (χ1) is 10.3. The van der Waals surface area contributed by atoms with Crippen molar-refractivity contribution in [3.05, 3.63) is 38.9 Å². The molecule has 22 heavy (non-hydrogen) atoms. The molecule has 0 fully saturated rings. The molecule has 0 aliphatic carbocycles. The van der Waals surface area contributed by atoms with Crippen LogP contribution in [0.3, 0.4) is 0 Å². The lowest BCUT2D eigenvalue weighted by molar-refractivity contribution is 0.390. The average Bonchev–Trinajstić information content (AvgIpc) is 2.95. The fourth-order valence-corrected chi connectivity index (χ4v) is 4.24. The van der Waals surface area contributed by atoms with Crippen molar-refractivity contribution in [1.82, 2.24) is 9.03 Å². The number of aliphatic hydroxyl groups is 1. The Morgan fingerprint density at radius 1 is 1.36 bits per heavy atom. The highest BCUT2D eigenvalue weighted by atomic mass is 32.2. The summed E-state index contributed by atoms with van der Waals surface area (Å²) in [6, 6.07) is 3.21. The molecular weight excluding hydrogens is 326 g/mol. The van der Waals surface area contributed by atoms with E-state index in [4.69, 9.17) is 0 Å². The second kappa shape index (κ2) is 6.66. The van der Waals surface area contributed by atoms with Gasteiger partial charge in [-0.15, -0.1) is 11.3 Å². The summed E-state index contributed by atoms with van der Waals surface area (Å²) in [7, 11) is -3.71. The van der Waals surface area contributed by atoms with Crippen LogP contribution in [-0.2, 0) is 16.8 Å². The van der Waals surface area contributed by atoms with E-state index in [0.717, 1.165) is 26.7 Å². The second-order valence-corrected chi connectivity index (χ2v) is 8.39. The summed E-state index contributed by atoms with van der Waals surface area (Å²) in [5, 5.41) is 12.4. The molecule has 122 valence electrons. The topological polar surface area (TPSA) is 99.1 Å². The van der Waals surface area contributed by atoms with E-state index in [-0.39, 0.29) is 6.54 Å². The Morgan fingerprint density at radius 3 is 2.64 bits per heavy atom. The first-order valence-corrected chi connectivity index (χ1v) is 9.19. The third kappa shape index (κ3) is 3.98. The van der Waals surface area contributed by atoms with Crippen LogP contribution in [0.1, 0.15) is 42.5 Å². The fourth-order valence-electron chi connectivity index (χ4n) is 2.10. The number of nitrogens with zero attached hydrogens (tertiary/aromatic N) is 2. The fraction of sp³-hybridized carbons (Fsp3) is 0.538. The Balaban J connectivity index is 2.06. The lowest BCUT2D eigenvalue weighted by Crippen LogP contribution is -2.29. The van der Waals surface area contributed by atoms with Gasteiger partial charge < -0.3 is 5.11 Å². The van der Waals surface area contributed by atoms with Crippen LogP contribution in [0.5, 0.6) is 0 Å². The first kappa shape index (κ1) is 16.8. The number of rotatable bonds is 7. The molecule has 0 saturated heterocycles. The van der Waals surface area contributed by atoms with Crippen molar-refractivity contribution in [1.29, 1.82) is 0 Å². The van der Waals surface area contributed by atoms with E-state index in [2.05, 4.69) is 19.0 Å². The molecule has 1 unspecified atom stereocenters. The van der Waals surface area contributed by atoms with Gasteiger partial charge >= 0.3 is 10.2 Å². The van der Waals surface area contributed by atoms with Gasteiger partial charge in [0.05, 0.1) is 12.7 Å². The number of thiophene rings is 1. The van der Waals surface area contributed by atoms with E-state index in [1.807, 2.05) is 10.8 Å². The van der Waals surface area contributed by atoms with Crippen molar-refractivity contribution in [3.63, 3.8) is 0 Å². The van der Waals surface area contributed by atoms with E-state index >= 15 is 0 Å². The zero-order chi connectivity index (χ0) is 16.3. The highest BCUT2D eigenvalue weighted by Crippen LogP contribution is 2.31. The minimum absolute atomic E-state index is 0.111. The van der Waals surface area contributed by atoms with Gasteiger partial charge in [-0.05, 0) is 30.9 Å². The number of aliphatic hydroxyl groups excluding tert-OH is 1. The van der Waals surface area contributed by atoms with Crippen LogP contribution in [0.2, 0.25) is 0 Å². The zero-order valence-electron chi connectivity index (χ0n) is 12.4. The summed E-state index contributed by atoms with van der Waals surface area (Å²) in [6.45, 7) is 4.29. The number of nitroso groups, excluding NO2 is 1. The maximum atomic E-state index is 11.7. The molecule has 0 amide bonds. The van der Waals surface area contributed by atoms with Crippen LogP contribution in [0, 0.1) is 10.8 Å². The van der Waals surface area contributed by atoms with Crippen molar-refractivity contribution in [2.24, 2.45) is 11.1 Å². The summed E-state index contributed by atoms with van der Waals surface area (Å²) in [5.41, 5.74) is 0. The normalized spacial score (nSPS) is 18.1. The van der Waals surface area contributed by atoms with Gasteiger partial charge in [-0.3, -0.25) is 0 Å². The molecule has 2 rings (SSSR count). The highest BCUT2D eigenvalue weighted by Gasteiger charge is 2.27. The predicted octanol–water partition coefficient (Wildman–Crippen LogP) is 3.00. The van der Waals surface area contributed by atoms with Gasteiger partial charge in [0.25, 0.3) is 0 Å². The molecule has 1 aliphatic heterocycles. The largest absolute Gasteiger partial charge is 0.493 e. The third-order valence-corrected chi connectivity index (χ3v) is 5.77. The molecule has 7 nitrogen and oxygen atoms in total. The van der Waals surface area contributed by atoms with Gasteiger partial charge in [-0.2, -0.15) is 13.3 Å². The Labute approximate surface area is 133 Å². The number of nitrogens with one attached hydrogen (secondary N) is 1.